The molecule has 2 atom stereocenters. The molecule has 0 aromatic carbocycles. The fourth-order valence-corrected chi connectivity index (χ4v) is 9.02. The second-order valence-electron chi connectivity index (χ2n) is 16.0. The fraction of sp³-hybridized carbons (Fsp3) is 1.00. The van der Waals surface area contributed by atoms with Crippen LogP contribution in [0.1, 0.15) is 154 Å². The van der Waals surface area contributed by atoms with E-state index < -0.39 is 0 Å². The molecule has 4 bridgehead atoms. The van der Waals surface area contributed by atoms with Gasteiger partial charge in [-0.05, 0) is 109 Å². The Balaban J connectivity index is 0.000000194. The van der Waals surface area contributed by atoms with Gasteiger partial charge in [0.25, 0.3) is 0 Å². The Morgan fingerprint density at radius 1 is 0.737 bits per heavy atom. The van der Waals surface area contributed by atoms with Crippen LogP contribution in [0.3, 0.4) is 0 Å². The summed E-state index contributed by atoms with van der Waals surface area (Å²) in [4.78, 5) is 0. The van der Waals surface area contributed by atoms with Crippen LogP contribution >= 0.6 is 0 Å². The summed E-state index contributed by atoms with van der Waals surface area (Å²) in [5.41, 5.74) is 2.86. The van der Waals surface area contributed by atoms with Crippen LogP contribution in [0.2, 0.25) is 0 Å². The molecule has 2 unspecified atom stereocenters. The minimum atomic E-state index is 0.655. The number of hydrogen-bond donors (Lipinski definition) is 2. The summed E-state index contributed by atoms with van der Waals surface area (Å²) in [5, 5.41) is 7.04. The number of rotatable bonds is 8. The summed E-state index contributed by atoms with van der Waals surface area (Å²) in [6.45, 7) is 31.6. The molecule has 7 rings (SSSR count). The normalized spacial score (nSPS) is 37.4. The third-order valence-electron chi connectivity index (χ3n) is 12.1. The lowest BCUT2D eigenvalue weighted by Crippen LogP contribution is -2.62. The molecule has 0 radical (unpaired) electrons. The molecule has 7 aliphatic rings. The first kappa shape index (κ1) is 34.1. The van der Waals surface area contributed by atoms with Gasteiger partial charge in [0.2, 0.25) is 0 Å². The third kappa shape index (κ3) is 7.80. The Hall–Kier alpha value is -0.0800. The van der Waals surface area contributed by atoms with Crippen molar-refractivity contribution in [1.29, 1.82) is 0 Å². The van der Waals surface area contributed by atoms with E-state index in [1.807, 2.05) is 13.8 Å². The van der Waals surface area contributed by atoms with Gasteiger partial charge in [-0.25, -0.2) is 0 Å². The summed E-state index contributed by atoms with van der Waals surface area (Å²) < 4.78 is 0. The zero-order chi connectivity index (χ0) is 28.8. The van der Waals surface area contributed by atoms with Gasteiger partial charge in [0, 0.05) is 19.1 Å². The van der Waals surface area contributed by atoms with Crippen molar-refractivity contribution in [2.24, 2.45) is 51.2 Å². The molecule has 0 aromatic rings. The van der Waals surface area contributed by atoms with E-state index in [1.165, 1.54) is 90.3 Å². The molecule has 3 heterocycles. The number of hydrogen-bond acceptors (Lipinski definition) is 2. The molecule has 0 amide bonds. The molecular weight excluding hydrogens is 460 g/mol. The maximum Gasteiger partial charge on any atom is 0.00818 e. The Kier molecular flexibility index (Phi) is 12.8. The van der Waals surface area contributed by atoms with Crippen molar-refractivity contribution in [1.82, 2.24) is 10.6 Å². The molecule has 38 heavy (non-hydrogen) atoms. The van der Waals surface area contributed by atoms with Crippen LogP contribution < -0.4 is 10.6 Å². The highest BCUT2D eigenvalue weighted by molar-refractivity contribution is 5.09. The highest BCUT2D eigenvalue weighted by atomic mass is 15.0. The molecule has 2 N–H and O–H groups in total. The Bertz CT molecular complexity index is 639. The van der Waals surface area contributed by atoms with Gasteiger partial charge in [-0.2, -0.15) is 0 Å². The maximum atomic E-state index is 3.55. The zero-order valence-electron chi connectivity index (χ0n) is 28.4. The first-order valence-electron chi connectivity index (χ1n) is 17.3. The summed E-state index contributed by atoms with van der Waals surface area (Å²) in [6.07, 6.45) is 16.1. The van der Waals surface area contributed by atoms with Crippen LogP contribution in [0.4, 0.5) is 0 Å². The largest absolute Gasteiger partial charge is 0.316 e. The Morgan fingerprint density at radius 2 is 1.24 bits per heavy atom. The standard InChI is InChI=1S/C13H24.C11H23N.C10H19N.C2H6/c1-10(2)12-6-5-7-13(8-12,9-12)11(3)4;1-4-5-10(9(2)3)8-11-6-7-12-11;1-8(2)10-4-9(3,5-10)6-11-7-10;1-2/h10-11H,5-9H2,1-4H3;9-12H,4-8H2,1-3H3;8,11H,4-7H2,1-3H3;1-2H3. The van der Waals surface area contributed by atoms with Crippen molar-refractivity contribution >= 4 is 0 Å². The SMILES string of the molecule is CC.CC(C)C12CCCC(C(C)C)(C1)C2.CC(C)C12CNCC(C)(C1)C2.CCCC(CC1CCN1)C(C)C. The predicted molar refractivity (Wildman–Crippen MR) is 171 cm³/mol. The Labute approximate surface area is 241 Å². The van der Waals surface area contributed by atoms with Gasteiger partial charge in [-0.15, -0.1) is 0 Å². The van der Waals surface area contributed by atoms with E-state index >= 15 is 0 Å². The highest BCUT2D eigenvalue weighted by Crippen LogP contribution is 2.69. The highest BCUT2D eigenvalue weighted by Gasteiger charge is 2.59. The fourth-order valence-electron chi connectivity index (χ4n) is 9.02. The van der Waals surface area contributed by atoms with Gasteiger partial charge >= 0.3 is 0 Å². The lowest BCUT2D eigenvalue weighted by molar-refractivity contribution is -0.147. The van der Waals surface area contributed by atoms with E-state index in [-0.39, 0.29) is 0 Å². The smallest absolute Gasteiger partial charge is 0.00818 e. The zero-order valence-corrected chi connectivity index (χ0v) is 28.4. The number of nitrogens with one attached hydrogen (secondary N) is 2. The minimum Gasteiger partial charge on any atom is -0.316 e. The summed E-state index contributed by atoms with van der Waals surface area (Å²) in [5.74, 6) is 4.52. The van der Waals surface area contributed by atoms with Crippen LogP contribution in [0.5, 0.6) is 0 Å². The van der Waals surface area contributed by atoms with Gasteiger partial charge < -0.3 is 10.6 Å². The van der Waals surface area contributed by atoms with Crippen molar-refractivity contribution in [3.63, 3.8) is 0 Å². The van der Waals surface area contributed by atoms with Crippen LogP contribution in [-0.4, -0.2) is 25.7 Å². The summed E-state index contributed by atoms with van der Waals surface area (Å²) in [6, 6.07) is 0.851. The molecular formula is C36H72N2. The van der Waals surface area contributed by atoms with E-state index in [9.17, 15) is 0 Å². The molecule has 4 aliphatic carbocycles. The summed E-state index contributed by atoms with van der Waals surface area (Å²) >= 11 is 0. The van der Waals surface area contributed by atoms with Crippen LogP contribution in [-0.2, 0) is 0 Å². The molecule has 2 nitrogen and oxygen atoms in total. The van der Waals surface area contributed by atoms with Crippen molar-refractivity contribution in [2.75, 3.05) is 19.6 Å². The van der Waals surface area contributed by atoms with Gasteiger partial charge in [0.05, 0.1) is 0 Å². The second kappa shape index (κ2) is 14.2. The topological polar surface area (TPSA) is 24.1 Å². The van der Waals surface area contributed by atoms with E-state index in [4.69, 9.17) is 0 Å². The number of fused-ring (bicyclic) bond motifs is 4. The molecule has 7 fully saturated rings. The lowest BCUT2D eigenvalue weighted by Gasteiger charge is -2.65. The van der Waals surface area contributed by atoms with Gasteiger partial charge in [-0.1, -0.05) is 102 Å². The van der Waals surface area contributed by atoms with E-state index in [1.54, 1.807) is 0 Å². The first-order chi connectivity index (χ1) is 17.8. The quantitative estimate of drug-likeness (QED) is 0.325. The van der Waals surface area contributed by atoms with E-state index in [0.717, 1.165) is 46.5 Å². The molecule has 0 spiro atoms. The third-order valence-corrected chi connectivity index (χ3v) is 12.1. The molecule has 3 aliphatic heterocycles. The van der Waals surface area contributed by atoms with Gasteiger partial charge in [0.15, 0.2) is 0 Å². The van der Waals surface area contributed by atoms with Crippen LogP contribution in [0.25, 0.3) is 0 Å². The maximum absolute atomic E-state index is 3.55. The van der Waals surface area contributed by atoms with Gasteiger partial charge in [0.1, 0.15) is 0 Å². The van der Waals surface area contributed by atoms with Crippen molar-refractivity contribution in [3.8, 4) is 0 Å². The monoisotopic (exact) mass is 533 g/mol. The first-order valence-corrected chi connectivity index (χ1v) is 17.3. The molecule has 2 heteroatoms. The molecule has 3 saturated heterocycles. The minimum absolute atomic E-state index is 0.655. The van der Waals surface area contributed by atoms with E-state index in [0.29, 0.717) is 10.8 Å². The average Bonchev–Trinajstić information content (AvgIpc) is 2.81. The average molecular weight is 533 g/mol. The second-order valence-corrected chi connectivity index (χ2v) is 16.0. The Morgan fingerprint density at radius 3 is 1.55 bits per heavy atom. The summed E-state index contributed by atoms with van der Waals surface area (Å²) in [7, 11) is 0. The lowest BCUT2D eigenvalue weighted by atomic mass is 9.40. The van der Waals surface area contributed by atoms with Gasteiger partial charge in [-0.3, -0.25) is 0 Å². The van der Waals surface area contributed by atoms with Crippen LogP contribution in [0.15, 0.2) is 0 Å². The van der Waals surface area contributed by atoms with Crippen molar-refractivity contribution < 1.29 is 0 Å². The molecule has 226 valence electrons. The van der Waals surface area contributed by atoms with E-state index in [2.05, 4.69) is 79.9 Å². The molecule has 4 saturated carbocycles. The number of piperidine rings is 2. The predicted octanol–water partition coefficient (Wildman–Crippen LogP) is 10.1. The van der Waals surface area contributed by atoms with Crippen molar-refractivity contribution in [2.45, 2.75) is 160 Å². The van der Waals surface area contributed by atoms with Crippen LogP contribution in [0, 0.1) is 51.2 Å². The molecule has 0 aromatic heterocycles. The van der Waals surface area contributed by atoms with Crippen molar-refractivity contribution in [3.05, 3.63) is 0 Å².